The number of nitrogens with zero attached hydrogens (tertiary/aromatic N) is 4. The molecule has 0 radical (unpaired) electrons. The molecule has 0 aliphatic carbocycles. The van der Waals surface area contributed by atoms with Crippen LogP contribution in [0.25, 0.3) is 16.6 Å². The summed E-state index contributed by atoms with van der Waals surface area (Å²) in [4.78, 5) is 33.8. The van der Waals surface area contributed by atoms with Crippen molar-refractivity contribution in [2.45, 2.75) is 59.2 Å². The number of hydrogen-bond donors (Lipinski definition) is 1. The molecule has 0 spiro atoms. The van der Waals surface area contributed by atoms with Crippen LogP contribution in [-0.4, -0.2) is 50.6 Å². The maximum atomic E-state index is 14.0. The Morgan fingerprint density at radius 3 is 2.64 bits per heavy atom. The van der Waals surface area contributed by atoms with Crippen LogP contribution >= 0.6 is 0 Å². The maximum absolute atomic E-state index is 14.0. The van der Waals surface area contributed by atoms with E-state index in [9.17, 15) is 14.0 Å². The van der Waals surface area contributed by atoms with E-state index in [1.807, 2.05) is 6.92 Å². The first-order chi connectivity index (χ1) is 20.0. The van der Waals surface area contributed by atoms with Gasteiger partial charge in [-0.05, 0) is 70.5 Å². The Morgan fingerprint density at radius 2 is 1.93 bits per heavy atom. The first-order valence-electron chi connectivity index (χ1n) is 13.6. The van der Waals surface area contributed by atoms with E-state index in [4.69, 9.17) is 18.9 Å². The molecule has 0 fully saturated rings. The van der Waals surface area contributed by atoms with E-state index < -0.39 is 29.6 Å². The predicted octanol–water partition coefficient (Wildman–Crippen LogP) is 6.16. The molecule has 0 bridgehead atoms. The van der Waals surface area contributed by atoms with Crippen LogP contribution in [0.4, 0.5) is 15.0 Å². The molecule has 0 saturated heterocycles. The first-order valence-corrected chi connectivity index (χ1v) is 13.6. The number of hydrogen-bond acceptors (Lipinski definition) is 9. The van der Waals surface area contributed by atoms with Crippen molar-refractivity contribution in [3.8, 4) is 17.3 Å². The molecule has 1 atom stereocenters. The molecule has 1 N–H and O–H groups in total. The summed E-state index contributed by atoms with van der Waals surface area (Å²) in [7, 11) is 0. The third kappa shape index (κ3) is 8.15. The summed E-state index contributed by atoms with van der Waals surface area (Å²) >= 11 is 0. The highest BCUT2D eigenvalue weighted by atomic mass is 19.1. The number of halogens is 1. The Kier molecular flexibility index (Phi) is 9.56. The van der Waals surface area contributed by atoms with Crippen LogP contribution in [0.2, 0.25) is 0 Å². The summed E-state index contributed by atoms with van der Waals surface area (Å²) in [6.07, 6.45) is 3.55. The summed E-state index contributed by atoms with van der Waals surface area (Å²) in [5.41, 5.74) is 0.702. The van der Waals surface area contributed by atoms with Gasteiger partial charge in [0.05, 0.1) is 17.8 Å². The van der Waals surface area contributed by atoms with Gasteiger partial charge in [-0.2, -0.15) is 5.10 Å². The lowest BCUT2D eigenvalue weighted by Crippen LogP contribution is -2.27. The van der Waals surface area contributed by atoms with Gasteiger partial charge < -0.3 is 18.9 Å². The lowest BCUT2D eigenvalue weighted by atomic mass is 10.2. The second kappa shape index (κ2) is 13.3. The van der Waals surface area contributed by atoms with Crippen LogP contribution in [-0.2, 0) is 14.3 Å². The lowest BCUT2D eigenvalue weighted by molar-refractivity contribution is -0.146. The molecule has 222 valence electrons. The van der Waals surface area contributed by atoms with Crippen molar-refractivity contribution in [1.29, 1.82) is 0 Å². The number of nitrogens with one attached hydrogen (secondary N) is 1. The highest BCUT2D eigenvalue weighted by Gasteiger charge is 2.23. The van der Waals surface area contributed by atoms with Crippen LogP contribution < -0.4 is 14.8 Å². The van der Waals surface area contributed by atoms with E-state index >= 15 is 0 Å². The second-order valence-corrected chi connectivity index (χ2v) is 10.4. The number of anilines is 1. The third-order valence-corrected chi connectivity index (χ3v) is 5.78. The van der Waals surface area contributed by atoms with Gasteiger partial charge in [-0.3, -0.25) is 5.32 Å². The van der Waals surface area contributed by atoms with Gasteiger partial charge in [0.1, 0.15) is 23.2 Å². The summed E-state index contributed by atoms with van der Waals surface area (Å²) in [6, 6.07) is 10.8. The van der Waals surface area contributed by atoms with Crippen molar-refractivity contribution in [2.75, 3.05) is 18.5 Å². The molecule has 1 aromatic carbocycles. The molecule has 3 aromatic heterocycles. The van der Waals surface area contributed by atoms with Crippen LogP contribution in [0.3, 0.4) is 0 Å². The zero-order valence-electron chi connectivity index (χ0n) is 24.2. The number of rotatable bonds is 11. The monoisotopic (exact) mass is 579 g/mol. The van der Waals surface area contributed by atoms with E-state index in [0.717, 1.165) is 12.8 Å². The van der Waals surface area contributed by atoms with Crippen molar-refractivity contribution in [2.24, 2.45) is 0 Å². The number of aromatic nitrogens is 4. The SMILES string of the molecule is CCCCOC(=O)COc1ccc(-n2cccn2)c([C@H](C)Oc2cc3cc(F)ccc3nc2NC(=O)OC(C)(C)C)n1. The molecule has 11 nitrogen and oxygen atoms in total. The molecular weight excluding hydrogens is 545 g/mol. The summed E-state index contributed by atoms with van der Waals surface area (Å²) < 4.78 is 38.1. The second-order valence-electron chi connectivity index (χ2n) is 10.4. The van der Waals surface area contributed by atoms with Crippen LogP contribution in [0.15, 0.2) is 54.9 Å². The number of esters is 1. The molecule has 12 heteroatoms. The quantitative estimate of drug-likeness (QED) is 0.164. The van der Waals surface area contributed by atoms with Crippen molar-refractivity contribution >= 4 is 28.8 Å². The number of carbonyl (C=O) groups is 2. The minimum atomic E-state index is -0.753. The van der Waals surface area contributed by atoms with E-state index in [1.54, 1.807) is 69.0 Å². The fourth-order valence-corrected chi connectivity index (χ4v) is 3.89. The van der Waals surface area contributed by atoms with Crippen LogP contribution in [0, 0.1) is 5.82 Å². The smallest absolute Gasteiger partial charge is 0.413 e. The minimum absolute atomic E-state index is 0.0816. The van der Waals surface area contributed by atoms with Crippen molar-refractivity contribution in [3.63, 3.8) is 0 Å². The zero-order valence-corrected chi connectivity index (χ0v) is 24.2. The normalized spacial score (nSPS) is 12.0. The molecule has 3 heterocycles. The van der Waals surface area contributed by atoms with Gasteiger partial charge >= 0.3 is 12.1 Å². The summed E-state index contributed by atoms with van der Waals surface area (Å²) in [6.45, 7) is 8.98. The Balaban J connectivity index is 1.65. The molecular formula is C30H34FN5O6. The van der Waals surface area contributed by atoms with Crippen LogP contribution in [0.5, 0.6) is 11.6 Å². The summed E-state index contributed by atoms with van der Waals surface area (Å²) in [5, 5.41) is 7.40. The molecule has 4 rings (SSSR count). The molecule has 0 unspecified atom stereocenters. The Hall–Kier alpha value is -4.74. The molecule has 4 aromatic rings. The molecule has 0 aliphatic heterocycles. The average Bonchev–Trinajstić information content (AvgIpc) is 3.46. The molecule has 1 amide bonds. The highest BCUT2D eigenvalue weighted by Crippen LogP contribution is 2.33. The lowest BCUT2D eigenvalue weighted by Gasteiger charge is -2.22. The number of benzene rings is 1. The van der Waals surface area contributed by atoms with Gasteiger partial charge in [-0.1, -0.05) is 13.3 Å². The van der Waals surface area contributed by atoms with E-state index in [0.29, 0.717) is 28.9 Å². The number of carbonyl (C=O) groups excluding carboxylic acids is 2. The molecule has 0 aliphatic rings. The number of ether oxygens (including phenoxy) is 4. The number of amides is 1. The standard InChI is InChI=1S/C30H34FN5O6/c1-6-7-15-39-26(37)18-40-25-12-11-23(36-14-8-13-32-36)27(34-25)19(2)41-24-17-20-16-21(31)9-10-22(20)33-28(24)35-29(38)42-30(3,4)5/h8-14,16-17,19H,6-7,15,18H2,1-5H3,(H,33,35,38)/t19-/m0/s1. The topological polar surface area (TPSA) is 127 Å². The fourth-order valence-electron chi connectivity index (χ4n) is 3.89. The zero-order chi connectivity index (χ0) is 30.3. The van der Waals surface area contributed by atoms with Gasteiger partial charge in [0.25, 0.3) is 0 Å². The van der Waals surface area contributed by atoms with Crippen molar-refractivity contribution in [3.05, 3.63) is 66.4 Å². The van der Waals surface area contributed by atoms with Gasteiger partial charge in [0.15, 0.2) is 18.2 Å². The predicted molar refractivity (Wildman–Crippen MR) is 153 cm³/mol. The van der Waals surface area contributed by atoms with Crippen molar-refractivity contribution < 1.29 is 32.9 Å². The van der Waals surface area contributed by atoms with Gasteiger partial charge in [0.2, 0.25) is 5.88 Å². The fraction of sp³-hybridized carbons (Fsp3) is 0.367. The minimum Gasteiger partial charge on any atom is -0.480 e. The molecule has 0 saturated carbocycles. The average molecular weight is 580 g/mol. The largest absolute Gasteiger partial charge is 0.480 e. The number of pyridine rings is 2. The maximum Gasteiger partial charge on any atom is 0.413 e. The summed E-state index contributed by atoms with van der Waals surface area (Å²) in [5.74, 6) is -0.533. The molecule has 42 heavy (non-hydrogen) atoms. The van der Waals surface area contributed by atoms with Crippen LogP contribution in [0.1, 0.15) is 59.3 Å². The first kappa shape index (κ1) is 30.2. The number of fused-ring (bicyclic) bond motifs is 1. The number of unbranched alkanes of at least 4 members (excludes halogenated alkanes) is 1. The Bertz CT molecular complexity index is 1540. The van der Waals surface area contributed by atoms with E-state index in [1.165, 1.54) is 18.2 Å². The van der Waals surface area contributed by atoms with Crippen molar-refractivity contribution in [1.82, 2.24) is 19.7 Å². The highest BCUT2D eigenvalue weighted by molar-refractivity contribution is 5.90. The third-order valence-electron chi connectivity index (χ3n) is 5.78. The van der Waals surface area contributed by atoms with E-state index in [2.05, 4.69) is 20.4 Å². The van der Waals surface area contributed by atoms with Gasteiger partial charge in [-0.15, -0.1) is 0 Å². The van der Waals surface area contributed by atoms with E-state index in [-0.39, 0.29) is 24.1 Å². The Morgan fingerprint density at radius 1 is 1.12 bits per heavy atom. The van der Waals surface area contributed by atoms with Gasteiger partial charge in [0, 0.05) is 23.8 Å². The Labute approximate surface area is 243 Å². The van der Waals surface area contributed by atoms with Gasteiger partial charge in [-0.25, -0.2) is 28.6 Å².